The Labute approximate surface area is 48.6 Å². The van der Waals surface area contributed by atoms with Crippen LogP contribution in [-0.4, -0.2) is 27.3 Å². The second-order valence-electron chi connectivity index (χ2n) is 1.40. The van der Waals surface area contributed by atoms with Crippen LogP contribution in [0.2, 0.25) is 6.55 Å². The third-order valence-electron chi connectivity index (χ3n) is 1.08. The van der Waals surface area contributed by atoms with Crippen LogP contribution < -0.4 is 0 Å². The Kier molecular flexibility index (Phi) is 4.45. The van der Waals surface area contributed by atoms with E-state index in [2.05, 4.69) is 25.0 Å². The van der Waals surface area contributed by atoms with Crippen molar-refractivity contribution in [2.45, 2.75) is 20.4 Å². The van der Waals surface area contributed by atoms with Gasteiger partial charge in [0.05, 0.1) is 0 Å². The fourth-order valence-corrected chi connectivity index (χ4v) is 1.17. The summed E-state index contributed by atoms with van der Waals surface area (Å²) in [6, 6.07) is 0. The fourth-order valence-electron chi connectivity index (χ4n) is 0.540. The van der Waals surface area contributed by atoms with Gasteiger partial charge in [-0.2, -0.15) is 0 Å². The maximum absolute atomic E-state index is 2.40. The van der Waals surface area contributed by atoms with Crippen LogP contribution in [0.3, 0.4) is 0 Å². The van der Waals surface area contributed by atoms with Gasteiger partial charge < -0.3 is 4.57 Å². The molecule has 0 aliphatic heterocycles. The van der Waals surface area contributed by atoms with E-state index in [1.165, 1.54) is 13.1 Å². The summed E-state index contributed by atoms with van der Waals surface area (Å²) >= 11 is 0. The van der Waals surface area contributed by atoms with Gasteiger partial charge >= 0.3 is 0 Å². The third kappa shape index (κ3) is 2.82. The van der Waals surface area contributed by atoms with E-state index in [4.69, 9.17) is 0 Å². The Morgan fingerprint density at radius 3 is 1.71 bits per heavy atom. The van der Waals surface area contributed by atoms with Gasteiger partial charge in [0.25, 0.3) is 0 Å². The standard InChI is InChI=1S/C5H13NSi/c1-4-6(5-2)7-3/h4-5H2,1-3H3. The van der Waals surface area contributed by atoms with Gasteiger partial charge in [-0.3, -0.25) is 0 Å². The van der Waals surface area contributed by atoms with E-state index in [1.807, 2.05) is 0 Å². The first kappa shape index (κ1) is 7.18. The highest BCUT2D eigenvalue weighted by Crippen LogP contribution is 1.79. The second kappa shape index (κ2) is 4.34. The first-order valence-corrected chi connectivity index (χ1v) is 4.22. The van der Waals surface area contributed by atoms with Crippen molar-refractivity contribution in [3.05, 3.63) is 0 Å². The van der Waals surface area contributed by atoms with Gasteiger partial charge in [0.15, 0.2) is 0 Å². The third-order valence-corrected chi connectivity index (χ3v) is 2.34. The van der Waals surface area contributed by atoms with Gasteiger partial charge in [0.2, 0.25) is 0 Å². The molecule has 0 atom stereocenters. The zero-order chi connectivity index (χ0) is 5.70. The van der Waals surface area contributed by atoms with Gasteiger partial charge in [-0.25, -0.2) is 0 Å². The molecule has 0 rings (SSSR count). The Morgan fingerprint density at radius 1 is 1.29 bits per heavy atom. The molecule has 0 unspecified atom stereocenters. The van der Waals surface area contributed by atoms with Crippen LogP contribution >= 0.6 is 0 Å². The highest BCUT2D eigenvalue weighted by atomic mass is 28.2. The van der Waals surface area contributed by atoms with E-state index in [1.54, 1.807) is 0 Å². The summed E-state index contributed by atoms with van der Waals surface area (Å²) in [4.78, 5) is 0. The minimum atomic E-state index is 0.982. The molecule has 42 valence electrons. The summed E-state index contributed by atoms with van der Waals surface area (Å²) in [5, 5.41) is 0. The maximum Gasteiger partial charge on any atom is 0.138 e. The fraction of sp³-hybridized carbons (Fsp3) is 1.00. The van der Waals surface area contributed by atoms with E-state index >= 15 is 0 Å². The molecule has 0 fully saturated rings. The molecule has 0 aromatic carbocycles. The molecule has 0 heterocycles. The van der Waals surface area contributed by atoms with Crippen molar-refractivity contribution in [2.24, 2.45) is 0 Å². The van der Waals surface area contributed by atoms with Crippen LogP contribution in [0.4, 0.5) is 0 Å². The molecule has 7 heavy (non-hydrogen) atoms. The topological polar surface area (TPSA) is 3.24 Å². The monoisotopic (exact) mass is 115 g/mol. The van der Waals surface area contributed by atoms with Crippen LogP contribution in [0, 0.1) is 0 Å². The Morgan fingerprint density at radius 2 is 1.71 bits per heavy atom. The molecule has 0 saturated heterocycles. The number of nitrogens with zero attached hydrogens (tertiary/aromatic N) is 1. The largest absolute Gasteiger partial charge is 0.326 e. The first-order chi connectivity index (χ1) is 3.35. The van der Waals surface area contributed by atoms with E-state index in [-0.39, 0.29) is 0 Å². The summed E-state index contributed by atoms with van der Waals surface area (Å²) < 4.78 is 2.40. The van der Waals surface area contributed by atoms with Crippen molar-refractivity contribution in [1.29, 1.82) is 0 Å². The molecule has 0 aliphatic rings. The SMILES string of the molecule is CCN(CC)[Si]C. The quantitative estimate of drug-likeness (QED) is 0.496. The lowest BCUT2D eigenvalue weighted by Crippen LogP contribution is -2.24. The molecule has 0 aromatic rings. The lowest BCUT2D eigenvalue weighted by Gasteiger charge is -2.12. The lowest BCUT2D eigenvalue weighted by molar-refractivity contribution is 0.496. The first-order valence-electron chi connectivity index (χ1n) is 2.77. The molecule has 0 bridgehead atoms. The normalized spacial score (nSPS) is 10.3. The van der Waals surface area contributed by atoms with Crippen molar-refractivity contribution in [2.75, 3.05) is 13.1 Å². The van der Waals surface area contributed by atoms with Crippen LogP contribution in [0.25, 0.3) is 0 Å². The molecular weight excluding hydrogens is 102 g/mol. The number of rotatable bonds is 3. The lowest BCUT2D eigenvalue weighted by atomic mass is 10.7. The van der Waals surface area contributed by atoms with Crippen LogP contribution in [-0.2, 0) is 0 Å². The zero-order valence-electron chi connectivity index (χ0n) is 5.36. The maximum atomic E-state index is 2.40. The van der Waals surface area contributed by atoms with Crippen molar-refractivity contribution in [3.8, 4) is 0 Å². The van der Waals surface area contributed by atoms with Crippen LogP contribution in [0.1, 0.15) is 13.8 Å². The minimum absolute atomic E-state index is 0.982. The number of hydrogen-bond acceptors (Lipinski definition) is 1. The van der Waals surface area contributed by atoms with Crippen LogP contribution in [0.15, 0.2) is 0 Å². The number of hydrogen-bond donors (Lipinski definition) is 0. The summed E-state index contributed by atoms with van der Waals surface area (Å²) in [5.74, 6) is 0. The summed E-state index contributed by atoms with van der Waals surface area (Å²) in [7, 11) is 0.982. The summed E-state index contributed by atoms with van der Waals surface area (Å²) in [5.41, 5.74) is 0. The molecule has 0 aromatic heterocycles. The van der Waals surface area contributed by atoms with Crippen molar-refractivity contribution in [1.82, 2.24) is 4.57 Å². The van der Waals surface area contributed by atoms with E-state index in [9.17, 15) is 0 Å². The Hall–Kier alpha value is 0.177. The average Bonchev–Trinajstić information content (AvgIpc) is 1.72. The van der Waals surface area contributed by atoms with Gasteiger partial charge in [-0.1, -0.05) is 20.4 Å². The smallest absolute Gasteiger partial charge is 0.138 e. The predicted molar refractivity (Wildman–Crippen MR) is 34.5 cm³/mol. The molecular formula is C5H13NSi. The predicted octanol–water partition coefficient (Wildman–Crippen LogP) is 0.995. The van der Waals surface area contributed by atoms with Gasteiger partial charge in [0, 0.05) is 0 Å². The van der Waals surface area contributed by atoms with Crippen molar-refractivity contribution < 1.29 is 0 Å². The average molecular weight is 115 g/mol. The van der Waals surface area contributed by atoms with E-state index in [0.717, 1.165) is 9.68 Å². The van der Waals surface area contributed by atoms with Gasteiger partial charge in [0.1, 0.15) is 9.68 Å². The molecule has 0 aliphatic carbocycles. The molecule has 0 N–H and O–H groups in total. The van der Waals surface area contributed by atoms with Gasteiger partial charge in [-0.05, 0) is 13.1 Å². The Balaban J connectivity index is 2.99. The van der Waals surface area contributed by atoms with E-state index in [0.29, 0.717) is 0 Å². The second-order valence-corrected chi connectivity index (χ2v) is 2.48. The van der Waals surface area contributed by atoms with Crippen molar-refractivity contribution in [3.63, 3.8) is 0 Å². The molecule has 0 amide bonds. The minimum Gasteiger partial charge on any atom is -0.326 e. The van der Waals surface area contributed by atoms with Gasteiger partial charge in [-0.15, -0.1) is 0 Å². The summed E-state index contributed by atoms with van der Waals surface area (Å²) in [6.07, 6.45) is 0. The highest BCUT2D eigenvalue weighted by Gasteiger charge is 1.90. The van der Waals surface area contributed by atoms with E-state index < -0.39 is 0 Å². The molecule has 0 spiro atoms. The molecule has 1 nitrogen and oxygen atoms in total. The molecule has 2 radical (unpaired) electrons. The zero-order valence-corrected chi connectivity index (χ0v) is 6.36. The summed E-state index contributed by atoms with van der Waals surface area (Å²) in [6.45, 7) is 9.00. The Bertz CT molecular complexity index is 29.6. The van der Waals surface area contributed by atoms with Crippen molar-refractivity contribution >= 4 is 9.68 Å². The van der Waals surface area contributed by atoms with Crippen LogP contribution in [0.5, 0.6) is 0 Å². The molecule has 0 saturated carbocycles. The molecule has 2 heteroatoms. The highest BCUT2D eigenvalue weighted by molar-refractivity contribution is 6.29.